The van der Waals surface area contributed by atoms with Crippen LogP contribution in [-0.2, 0) is 0 Å². The second-order valence-corrected chi connectivity index (χ2v) is 5.29. The van der Waals surface area contributed by atoms with Crippen LogP contribution in [0.2, 0.25) is 0 Å². The fourth-order valence-electron chi connectivity index (χ4n) is 2.61. The average Bonchev–Trinajstić information content (AvgIpc) is 2.95. The third-order valence-corrected chi connectivity index (χ3v) is 3.72. The van der Waals surface area contributed by atoms with E-state index in [4.69, 9.17) is 5.73 Å². The normalized spacial score (nSPS) is 17.3. The van der Waals surface area contributed by atoms with E-state index >= 15 is 0 Å². The Morgan fingerprint density at radius 1 is 1.30 bits per heavy atom. The van der Waals surface area contributed by atoms with Crippen molar-refractivity contribution in [3.8, 4) is 0 Å². The van der Waals surface area contributed by atoms with E-state index < -0.39 is 17.5 Å². The van der Waals surface area contributed by atoms with E-state index in [1.807, 2.05) is 0 Å². The van der Waals surface area contributed by atoms with Gasteiger partial charge in [0.15, 0.2) is 11.5 Å². The first-order chi connectivity index (χ1) is 11.0. The Morgan fingerprint density at radius 2 is 2.09 bits per heavy atom. The van der Waals surface area contributed by atoms with Crippen LogP contribution in [0.5, 0.6) is 0 Å². The van der Waals surface area contributed by atoms with Crippen LogP contribution >= 0.6 is 0 Å². The zero-order valence-electron chi connectivity index (χ0n) is 12.2. The lowest BCUT2D eigenvalue weighted by atomic mass is 10.2. The van der Waals surface area contributed by atoms with Gasteiger partial charge in [0.05, 0.1) is 5.69 Å². The third kappa shape index (κ3) is 3.20. The quantitative estimate of drug-likeness (QED) is 0.892. The molecule has 0 aliphatic carbocycles. The summed E-state index contributed by atoms with van der Waals surface area (Å²) in [7, 11) is 0. The summed E-state index contributed by atoms with van der Waals surface area (Å²) in [5.41, 5.74) is 6.01. The average molecular weight is 319 g/mol. The van der Waals surface area contributed by atoms with Crippen molar-refractivity contribution in [1.82, 2.24) is 15.3 Å². The molecule has 0 bridgehead atoms. The molecule has 1 aromatic carbocycles. The molecule has 0 saturated carbocycles. The van der Waals surface area contributed by atoms with E-state index in [-0.39, 0.29) is 17.6 Å². The van der Waals surface area contributed by atoms with Crippen molar-refractivity contribution in [2.24, 2.45) is 0 Å². The summed E-state index contributed by atoms with van der Waals surface area (Å²) in [6.45, 7) is 0.984. The number of hydrogen-bond acceptors (Lipinski definition) is 5. The van der Waals surface area contributed by atoms with E-state index in [1.54, 1.807) is 4.90 Å². The van der Waals surface area contributed by atoms with Crippen LogP contribution in [0.3, 0.4) is 0 Å². The number of nitrogens with one attached hydrogen (secondary N) is 1. The lowest BCUT2D eigenvalue weighted by molar-refractivity contribution is 0.0936. The largest absolute Gasteiger partial charge is 0.382 e. The SMILES string of the molecule is Nc1nccnc1C(=O)N[C@@H]1CCN(c2ccc(F)cc2F)C1. The number of nitrogens with two attached hydrogens (primary N) is 1. The Bertz CT molecular complexity index is 740. The van der Waals surface area contributed by atoms with Crippen LogP contribution in [0.25, 0.3) is 0 Å². The van der Waals surface area contributed by atoms with Crippen molar-refractivity contribution >= 4 is 17.4 Å². The second kappa shape index (κ2) is 6.15. The number of amides is 1. The van der Waals surface area contributed by atoms with Gasteiger partial charge >= 0.3 is 0 Å². The predicted octanol–water partition coefficient (Wildman–Crippen LogP) is 1.35. The van der Waals surface area contributed by atoms with Crippen molar-refractivity contribution in [3.63, 3.8) is 0 Å². The molecule has 2 heterocycles. The number of nitrogen functional groups attached to an aromatic ring is 1. The predicted molar refractivity (Wildman–Crippen MR) is 80.9 cm³/mol. The molecule has 1 amide bonds. The van der Waals surface area contributed by atoms with Gasteiger partial charge in [-0.05, 0) is 18.6 Å². The minimum absolute atomic E-state index is 0.0597. The molecule has 1 atom stereocenters. The monoisotopic (exact) mass is 319 g/mol. The topological polar surface area (TPSA) is 84.1 Å². The van der Waals surface area contributed by atoms with Gasteiger partial charge in [-0.2, -0.15) is 0 Å². The van der Waals surface area contributed by atoms with E-state index in [0.29, 0.717) is 25.2 Å². The summed E-state index contributed by atoms with van der Waals surface area (Å²) in [4.78, 5) is 21.6. The van der Waals surface area contributed by atoms with E-state index in [2.05, 4.69) is 15.3 Å². The fraction of sp³-hybridized carbons (Fsp3) is 0.267. The zero-order chi connectivity index (χ0) is 16.4. The summed E-state index contributed by atoms with van der Waals surface area (Å²) in [5.74, 6) is -1.59. The van der Waals surface area contributed by atoms with Gasteiger partial charge in [0.2, 0.25) is 0 Å². The summed E-state index contributed by atoms with van der Waals surface area (Å²) in [6.07, 6.45) is 3.43. The van der Waals surface area contributed by atoms with Crippen LogP contribution in [-0.4, -0.2) is 35.0 Å². The summed E-state index contributed by atoms with van der Waals surface area (Å²) >= 11 is 0. The van der Waals surface area contributed by atoms with Gasteiger partial charge in [0.1, 0.15) is 11.6 Å². The molecule has 6 nitrogen and oxygen atoms in total. The Kier molecular flexibility index (Phi) is 4.05. The molecule has 0 spiro atoms. The number of anilines is 2. The Morgan fingerprint density at radius 3 is 2.83 bits per heavy atom. The summed E-state index contributed by atoms with van der Waals surface area (Å²) < 4.78 is 26.8. The molecule has 1 fully saturated rings. The van der Waals surface area contributed by atoms with E-state index in [0.717, 1.165) is 6.07 Å². The third-order valence-electron chi connectivity index (χ3n) is 3.72. The molecule has 120 valence electrons. The number of aromatic nitrogens is 2. The highest BCUT2D eigenvalue weighted by Gasteiger charge is 2.27. The maximum atomic E-state index is 13.8. The molecule has 0 radical (unpaired) electrons. The molecular weight excluding hydrogens is 304 g/mol. The molecule has 0 unspecified atom stereocenters. The number of benzene rings is 1. The highest BCUT2D eigenvalue weighted by Crippen LogP contribution is 2.24. The number of halogens is 2. The van der Waals surface area contributed by atoms with Crippen LogP contribution in [0.1, 0.15) is 16.9 Å². The Balaban J connectivity index is 1.66. The first-order valence-corrected chi connectivity index (χ1v) is 7.12. The Labute approximate surface area is 131 Å². The Hall–Kier alpha value is -2.77. The summed E-state index contributed by atoms with van der Waals surface area (Å²) in [5, 5.41) is 2.81. The van der Waals surface area contributed by atoms with Gasteiger partial charge in [0.25, 0.3) is 5.91 Å². The summed E-state index contributed by atoms with van der Waals surface area (Å²) in [6, 6.07) is 3.29. The number of rotatable bonds is 3. The van der Waals surface area contributed by atoms with Crippen LogP contribution in [0, 0.1) is 11.6 Å². The van der Waals surface area contributed by atoms with Crippen molar-refractivity contribution in [2.45, 2.75) is 12.5 Å². The van der Waals surface area contributed by atoms with Gasteiger partial charge < -0.3 is 16.0 Å². The first-order valence-electron chi connectivity index (χ1n) is 7.12. The number of carbonyl (C=O) groups excluding carboxylic acids is 1. The fourth-order valence-corrected chi connectivity index (χ4v) is 2.61. The highest BCUT2D eigenvalue weighted by atomic mass is 19.1. The lowest BCUT2D eigenvalue weighted by Gasteiger charge is -2.19. The minimum atomic E-state index is -0.617. The van der Waals surface area contributed by atoms with Gasteiger partial charge in [-0.25, -0.2) is 18.7 Å². The van der Waals surface area contributed by atoms with Crippen LogP contribution in [0.4, 0.5) is 20.3 Å². The van der Waals surface area contributed by atoms with Gasteiger partial charge in [0, 0.05) is 37.6 Å². The first kappa shape index (κ1) is 15.1. The maximum Gasteiger partial charge on any atom is 0.273 e. The molecule has 8 heteroatoms. The minimum Gasteiger partial charge on any atom is -0.382 e. The second-order valence-electron chi connectivity index (χ2n) is 5.29. The van der Waals surface area contributed by atoms with Crippen LogP contribution < -0.4 is 16.0 Å². The molecule has 1 aliphatic heterocycles. The lowest BCUT2D eigenvalue weighted by Crippen LogP contribution is -2.38. The van der Waals surface area contributed by atoms with Crippen molar-refractivity contribution in [3.05, 3.63) is 47.9 Å². The van der Waals surface area contributed by atoms with E-state index in [9.17, 15) is 13.6 Å². The van der Waals surface area contributed by atoms with Gasteiger partial charge in [-0.3, -0.25) is 4.79 Å². The molecule has 2 aromatic rings. The number of nitrogens with zero attached hydrogens (tertiary/aromatic N) is 3. The molecule has 3 rings (SSSR count). The molecule has 1 aliphatic rings. The van der Waals surface area contributed by atoms with E-state index in [1.165, 1.54) is 24.5 Å². The standard InChI is InChI=1S/C15H15F2N5O/c16-9-1-2-12(11(17)7-9)22-6-3-10(8-22)21-15(23)13-14(18)20-5-4-19-13/h1-2,4-5,7,10H,3,6,8H2,(H2,18,20)(H,21,23)/t10-/m1/s1. The van der Waals surface area contributed by atoms with Crippen LogP contribution in [0.15, 0.2) is 30.6 Å². The van der Waals surface area contributed by atoms with Crippen molar-refractivity contribution < 1.29 is 13.6 Å². The zero-order valence-corrected chi connectivity index (χ0v) is 12.2. The molecule has 23 heavy (non-hydrogen) atoms. The maximum absolute atomic E-state index is 13.8. The van der Waals surface area contributed by atoms with Gasteiger partial charge in [-0.15, -0.1) is 0 Å². The number of hydrogen-bond donors (Lipinski definition) is 2. The van der Waals surface area contributed by atoms with Crippen molar-refractivity contribution in [2.75, 3.05) is 23.7 Å². The smallest absolute Gasteiger partial charge is 0.273 e. The van der Waals surface area contributed by atoms with Gasteiger partial charge in [-0.1, -0.05) is 0 Å². The highest BCUT2D eigenvalue weighted by molar-refractivity contribution is 5.96. The molecule has 3 N–H and O–H groups in total. The molecule has 1 saturated heterocycles. The molecular formula is C15H15F2N5O. The molecule has 1 aromatic heterocycles. The van der Waals surface area contributed by atoms with Crippen molar-refractivity contribution in [1.29, 1.82) is 0 Å². The number of carbonyl (C=O) groups is 1.